The van der Waals surface area contributed by atoms with E-state index in [1.54, 1.807) is 9.47 Å². The fourth-order valence-electron chi connectivity index (χ4n) is 4.85. The Morgan fingerprint density at radius 2 is 1.88 bits per heavy atom. The summed E-state index contributed by atoms with van der Waals surface area (Å²) in [5.41, 5.74) is 1.32. The third-order valence-corrected chi connectivity index (χ3v) is 8.33. The molecule has 2 fully saturated rings. The first kappa shape index (κ1) is 26.5. The van der Waals surface area contributed by atoms with Crippen molar-refractivity contribution in [3.05, 3.63) is 31.9 Å². The standard InChI is InChI=1S/C26H36N4O2S2/c1-5-8-12-19(6-2)17-30-25(32)22(34-26(30)33)15-20-18(4)21(16-27)24(31)29(7-3)23(20)28-13-10-9-11-14-28/h15,19H,5-14,17H2,1-4H3/b22-15+. The van der Waals surface area contributed by atoms with Crippen LogP contribution in [0.2, 0.25) is 0 Å². The van der Waals surface area contributed by atoms with Crippen molar-refractivity contribution in [2.75, 3.05) is 24.5 Å². The zero-order chi connectivity index (χ0) is 24.8. The molecule has 0 N–H and O–H groups in total. The maximum absolute atomic E-state index is 13.4. The molecule has 1 aromatic rings. The van der Waals surface area contributed by atoms with Gasteiger partial charge in [-0.25, -0.2) is 0 Å². The lowest BCUT2D eigenvalue weighted by Gasteiger charge is -2.33. The molecule has 0 bridgehead atoms. The Hall–Kier alpha value is -2.11. The zero-order valence-electron chi connectivity index (χ0n) is 20.9. The lowest BCUT2D eigenvalue weighted by molar-refractivity contribution is -0.122. The van der Waals surface area contributed by atoms with Crippen LogP contribution in [-0.4, -0.2) is 39.3 Å². The molecule has 0 aromatic carbocycles. The van der Waals surface area contributed by atoms with E-state index in [0.717, 1.165) is 63.0 Å². The molecule has 1 aromatic heterocycles. The fourth-order valence-corrected chi connectivity index (χ4v) is 6.10. The summed E-state index contributed by atoms with van der Waals surface area (Å²) in [4.78, 5) is 31.1. The number of hydrogen-bond acceptors (Lipinski definition) is 6. The monoisotopic (exact) mass is 500 g/mol. The van der Waals surface area contributed by atoms with Crippen LogP contribution in [0, 0.1) is 24.2 Å². The van der Waals surface area contributed by atoms with Crippen LogP contribution >= 0.6 is 24.0 Å². The Bertz CT molecular complexity index is 1060. The van der Waals surface area contributed by atoms with E-state index in [4.69, 9.17) is 12.2 Å². The van der Waals surface area contributed by atoms with Gasteiger partial charge in [-0.2, -0.15) is 5.26 Å². The average Bonchev–Trinajstić information content (AvgIpc) is 3.11. The number of unbranched alkanes of at least 4 members (excludes halogenated alkanes) is 1. The molecule has 0 radical (unpaired) electrons. The highest BCUT2D eigenvalue weighted by Gasteiger charge is 2.34. The van der Waals surface area contributed by atoms with Gasteiger partial charge in [-0.05, 0) is 57.1 Å². The van der Waals surface area contributed by atoms with Crippen molar-refractivity contribution in [3.8, 4) is 6.07 Å². The number of nitriles is 1. The highest BCUT2D eigenvalue weighted by Crippen LogP contribution is 2.37. The van der Waals surface area contributed by atoms with E-state index in [1.807, 2.05) is 19.9 Å². The summed E-state index contributed by atoms with van der Waals surface area (Å²) in [6, 6.07) is 2.11. The van der Waals surface area contributed by atoms with Crippen molar-refractivity contribution in [2.45, 2.75) is 79.2 Å². The van der Waals surface area contributed by atoms with Crippen molar-refractivity contribution in [1.82, 2.24) is 9.47 Å². The number of carbonyl (C=O) groups excluding carboxylic acids is 1. The van der Waals surface area contributed by atoms with Gasteiger partial charge in [-0.3, -0.25) is 19.1 Å². The molecule has 1 atom stereocenters. The number of rotatable bonds is 9. The summed E-state index contributed by atoms with van der Waals surface area (Å²) in [7, 11) is 0. The maximum Gasteiger partial charge on any atom is 0.270 e. The summed E-state index contributed by atoms with van der Waals surface area (Å²) in [5, 5.41) is 9.74. The van der Waals surface area contributed by atoms with E-state index in [0.29, 0.717) is 33.8 Å². The van der Waals surface area contributed by atoms with Gasteiger partial charge < -0.3 is 4.90 Å². The highest BCUT2D eigenvalue weighted by atomic mass is 32.2. The van der Waals surface area contributed by atoms with Gasteiger partial charge in [0.25, 0.3) is 11.5 Å². The van der Waals surface area contributed by atoms with Crippen LogP contribution in [0.3, 0.4) is 0 Å². The van der Waals surface area contributed by atoms with Crippen LogP contribution in [-0.2, 0) is 11.3 Å². The molecule has 184 valence electrons. The Balaban J connectivity index is 2.06. The van der Waals surface area contributed by atoms with Crippen LogP contribution in [0.1, 0.15) is 82.4 Å². The van der Waals surface area contributed by atoms with Crippen molar-refractivity contribution >= 4 is 46.1 Å². The summed E-state index contributed by atoms with van der Waals surface area (Å²) in [6.07, 6.45) is 9.57. The Kier molecular flexibility index (Phi) is 9.38. The van der Waals surface area contributed by atoms with Crippen molar-refractivity contribution in [3.63, 3.8) is 0 Å². The number of thioether (sulfide) groups is 1. The molecule has 3 heterocycles. The molecule has 2 saturated heterocycles. The Morgan fingerprint density at radius 3 is 2.47 bits per heavy atom. The first-order valence-corrected chi connectivity index (χ1v) is 13.8. The number of pyridine rings is 1. The van der Waals surface area contributed by atoms with E-state index < -0.39 is 0 Å². The van der Waals surface area contributed by atoms with Gasteiger partial charge in [0.15, 0.2) is 0 Å². The molecule has 0 saturated carbocycles. The first-order valence-electron chi connectivity index (χ1n) is 12.6. The van der Waals surface area contributed by atoms with E-state index in [-0.39, 0.29) is 17.0 Å². The quantitative estimate of drug-likeness (QED) is 0.331. The molecular weight excluding hydrogens is 464 g/mol. The minimum absolute atomic E-state index is 0.0679. The summed E-state index contributed by atoms with van der Waals surface area (Å²) >= 11 is 6.94. The molecule has 2 aliphatic rings. The van der Waals surface area contributed by atoms with Gasteiger partial charge in [0.2, 0.25) is 0 Å². The van der Waals surface area contributed by atoms with Crippen molar-refractivity contribution in [1.29, 1.82) is 5.26 Å². The van der Waals surface area contributed by atoms with Gasteiger partial charge in [-0.1, -0.05) is 57.1 Å². The molecule has 34 heavy (non-hydrogen) atoms. The lowest BCUT2D eigenvalue weighted by atomic mass is 9.99. The Labute approximate surface area is 213 Å². The second kappa shape index (κ2) is 12.0. The maximum atomic E-state index is 13.4. The zero-order valence-corrected chi connectivity index (χ0v) is 22.5. The number of anilines is 1. The molecule has 3 rings (SSSR count). The van der Waals surface area contributed by atoms with Gasteiger partial charge in [-0.15, -0.1) is 0 Å². The van der Waals surface area contributed by atoms with E-state index in [2.05, 4.69) is 24.8 Å². The fraction of sp³-hybridized carbons (Fsp3) is 0.615. The topological polar surface area (TPSA) is 69.3 Å². The highest BCUT2D eigenvalue weighted by molar-refractivity contribution is 8.26. The summed E-state index contributed by atoms with van der Waals surface area (Å²) < 4.78 is 2.29. The minimum atomic E-state index is -0.255. The van der Waals surface area contributed by atoms with Gasteiger partial charge >= 0.3 is 0 Å². The molecule has 8 heteroatoms. The van der Waals surface area contributed by atoms with Crippen LogP contribution in [0.4, 0.5) is 5.82 Å². The van der Waals surface area contributed by atoms with Crippen molar-refractivity contribution in [2.24, 2.45) is 5.92 Å². The van der Waals surface area contributed by atoms with Gasteiger partial charge in [0.05, 0.1) is 4.91 Å². The molecule has 1 unspecified atom stereocenters. The number of aromatic nitrogens is 1. The third kappa shape index (κ3) is 5.41. The number of thiocarbonyl (C=S) groups is 1. The number of amides is 1. The van der Waals surface area contributed by atoms with E-state index >= 15 is 0 Å². The number of nitrogens with zero attached hydrogens (tertiary/aromatic N) is 4. The number of hydrogen-bond donors (Lipinski definition) is 0. The van der Waals surface area contributed by atoms with Crippen LogP contribution in [0.15, 0.2) is 9.70 Å². The molecular formula is C26H36N4O2S2. The molecule has 2 aliphatic heterocycles. The van der Waals surface area contributed by atoms with Crippen LogP contribution < -0.4 is 10.5 Å². The van der Waals surface area contributed by atoms with Gasteiger partial charge in [0, 0.05) is 31.7 Å². The molecule has 0 spiro atoms. The van der Waals surface area contributed by atoms with Crippen molar-refractivity contribution < 1.29 is 4.79 Å². The van der Waals surface area contributed by atoms with Crippen LogP contribution in [0.5, 0.6) is 0 Å². The number of carbonyl (C=O) groups is 1. The van der Waals surface area contributed by atoms with Crippen LogP contribution in [0.25, 0.3) is 6.08 Å². The minimum Gasteiger partial charge on any atom is -0.357 e. The SMILES string of the molecule is CCCCC(CC)CN1C(=O)/C(=C\c2c(C)c(C#N)c(=O)n(CC)c2N2CCCCC2)SC1=S. The van der Waals surface area contributed by atoms with Gasteiger partial charge in [0.1, 0.15) is 21.8 Å². The third-order valence-electron chi connectivity index (χ3n) is 6.95. The Morgan fingerprint density at radius 1 is 1.18 bits per heavy atom. The molecule has 6 nitrogen and oxygen atoms in total. The molecule has 0 aliphatic carbocycles. The second-order valence-electron chi connectivity index (χ2n) is 9.16. The first-order chi connectivity index (χ1) is 16.4. The normalized spacial score (nSPS) is 18.6. The van der Waals surface area contributed by atoms with E-state index in [9.17, 15) is 14.9 Å². The summed E-state index contributed by atoms with van der Waals surface area (Å²) in [5.74, 6) is 1.18. The summed E-state index contributed by atoms with van der Waals surface area (Å²) in [6.45, 7) is 10.9. The smallest absolute Gasteiger partial charge is 0.270 e. The molecule has 1 amide bonds. The predicted octanol–water partition coefficient (Wildman–Crippen LogP) is 5.46. The largest absolute Gasteiger partial charge is 0.357 e. The average molecular weight is 501 g/mol. The number of piperidine rings is 1. The lowest BCUT2D eigenvalue weighted by Crippen LogP contribution is -2.37. The van der Waals surface area contributed by atoms with E-state index in [1.165, 1.54) is 18.2 Å². The second-order valence-corrected chi connectivity index (χ2v) is 10.8. The predicted molar refractivity (Wildman–Crippen MR) is 145 cm³/mol.